The van der Waals surface area contributed by atoms with E-state index in [-0.39, 0.29) is 17.7 Å². The lowest BCUT2D eigenvalue weighted by Gasteiger charge is -1.96. The maximum absolute atomic E-state index is 12.8. The van der Waals surface area contributed by atoms with Gasteiger partial charge in [-0.3, -0.25) is 4.79 Å². The van der Waals surface area contributed by atoms with Gasteiger partial charge in [0.2, 0.25) is 0 Å². The number of carbonyl (C=O) groups excluding carboxylic acids is 1. The molecule has 1 heterocycles. The van der Waals surface area contributed by atoms with Gasteiger partial charge in [-0.2, -0.15) is 0 Å². The summed E-state index contributed by atoms with van der Waals surface area (Å²) in [6, 6.07) is 15.4. The van der Waals surface area contributed by atoms with Gasteiger partial charge in [0, 0.05) is 5.56 Å². The number of epoxide rings is 1. The molecule has 0 saturated carbocycles. The van der Waals surface area contributed by atoms with Gasteiger partial charge in [-0.15, -0.1) is 0 Å². The first-order chi connectivity index (χ1) is 9.74. The third-order valence-corrected chi connectivity index (χ3v) is 3.19. The van der Waals surface area contributed by atoms with Gasteiger partial charge in [0.05, 0.1) is 0 Å². The van der Waals surface area contributed by atoms with Crippen molar-refractivity contribution in [3.63, 3.8) is 0 Å². The van der Waals surface area contributed by atoms with E-state index in [4.69, 9.17) is 4.74 Å². The lowest BCUT2D eigenvalue weighted by molar-refractivity contribution is 0.0953. The van der Waals surface area contributed by atoms with Crippen molar-refractivity contribution < 1.29 is 13.9 Å². The predicted octanol–water partition coefficient (Wildman–Crippen LogP) is 3.49. The summed E-state index contributed by atoms with van der Waals surface area (Å²) in [4.78, 5) is 12.1. The Kier molecular flexibility index (Phi) is 3.44. The van der Waals surface area contributed by atoms with Crippen LogP contribution in [0.4, 0.5) is 4.39 Å². The van der Waals surface area contributed by atoms with E-state index >= 15 is 0 Å². The fourth-order valence-electron chi connectivity index (χ4n) is 2.03. The molecule has 2 unspecified atom stereocenters. The van der Waals surface area contributed by atoms with Crippen LogP contribution in [0.1, 0.15) is 15.9 Å². The molecular weight excluding hydrogens is 255 g/mol. The molecular formula is C17H13FO2. The SMILES string of the molecule is O=C(c1ccc(F)cc1)C1OC1/C=C/c1ccccc1. The van der Waals surface area contributed by atoms with Gasteiger partial charge in [0.15, 0.2) is 11.9 Å². The summed E-state index contributed by atoms with van der Waals surface area (Å²) in [7, 11) is 0. The zero-order valence-electron chi connectivity index (χ0n) is 10.7. The van der Waals surface area contributed by atoms with Crippen molar-refractivity contribution in [2.24, 2.45) is 0 Å². The normalized spacial score (nSPS) is 21.1. The highest BCUT2D eigenvalue weighted by atomic mass is 19.1. The van der Waals surface area contributed by atoms with Crippen LogP contribution in [-0.4, -0.2) is 18.0 Å². The Bertz CT molecular complexity index is 632. The Labute approximate surface area is 116 Å². The van der Waals surface area contributed by atoms with E-state index < -0.39 is 6.10 Å². The molecule has 0 radical (unpaired) electrons. The first-order valence-corrected chi connectivity index (χ1v) is 6.42. The average molecular weight is 268 g/mol. The third kappa shape index (κ3) is 2.83. The molecule has 0 bridgehead atoms. The Hall–Kier alpha value is -2.26. The van der Waals surface area contributed by atoms with Crippen molar-refractivity contribution in [1.82, 2.24) is 0 Å². The Morgan fingerprint density at radius 1 is 1.05 bits per heavy atom. The number of Topliss-reactive ketones (excluding diaryl/α,β-unsaturated/α-hetero) is 1. The van der Waals surface area contributed by atoms with Crippen LogP contribution < -0.4 is 0 Å². The molecule has 1 fully saturated rings. The van der Waals surface area contributed by atoms with Crippen LogP contribution in [0.3, 0.4) is 0 Å². The van der Waals surface area contributed by atoms with E-state index in [2.05, 4.69) is 0 Å². The van der Waals surface area contributed by atoms with Gasteiger partial charge in [0.25, 0.3) is 0 Å². The molecule has 1 aliphatic heterocycles. The summed E-state index contributed by atoms with van der Waals surface area (Å²) in [5, 5.41) is 0. The maximum atomic E-state index is 12.8. The van der Waals surface area contributed by atoms with Crippen LogP contribution in [0.5, 0.6) is 0 Å². The van der Waals surface area contributed by atoms with Crippen LogP contribution in [-0.2, 0) is 4.74 Å². The van der Waals surface area contributed by atoms with Crippen molar-refractivity contribution in [2.45, 2.75) is 12.2 Å². The summed E-state index contributed by atoms with van der Waals surface area (Å²) in [6.07, 6.45) is 3.18. The first-order valence-electron chi connectivity index (χ1n) is 6.42. The van der Waals surface area contributed by atoms with Gasteiger partial charge >= 0.3 is 0 Å². The molecule has 2 atom stereocenters. The molecule has 2 nitrogen and oxygen atoms in total. The van der Waals surface area contributed by atoms with Crippen molar-refractivity contribution in [3.05, 3.63) is 77.6 Å². The topological polar surface area (TPSA) is 29.6 Å². The number of halogens is 1. The lowest BCUT2D eigenvalue weighted by Crippen LogP contribution is -2.09. The molecule has 3 heteroatoms. The fourth-order valence-corrected chi connectivity index (χ4v) is 2.03. The van der Waals surface area contributed by atoms with Crippen LogP contribution in [0.2, 0.25) is 0 Å². The highest BCUT2D eigenvalue weighted by Crippen LogP contribution is 2.28. The summed E-state index contributed by atoms with van der Waals surface area (Å²) in [5.41, 5.74) is 1.54. The van der Waals surface area contributed by atoms with E-state index in [1.807, 2.05) is 42.5 Å². The first kappa shape index (κ1) is 12.8. The minimum absolute atomic E-state index is 0.104. The smallest absolute Gasteiger partial charge is 0.194 e. The van der Waals surface area contributed by atoms with Crippen molar-refractivity contribution in [2.75, 3.05) is 0 Å². The van der Waals surface area contributed by atoms with E-state index in [1.54, 1.807) is 0 Å². The number of rotatable bonds is 4. The average Bonchev–Trinajstić information content (AvgIpc) is 3.26. The molecule has 3 rings (SSSR count). The van der Waals surface area contributed by atoms with Crippen molar-refractivity contribution in [1.29, 1.82) is 0 Å². The highest BCUT2D eigenvalue weighted by Gasteiger charge is 2.43. The van der Waals surface area contributed by atoms with Gasteiger partial charge in [-0.1, -0.05) is 42.5 Å². The Balaban J connectivity index is 1.63. The minimum Gasteiger partial charge on any atom is -0.356 e. The number of hydrogen-bond donors (Lipinski definition) is 0. The van der Waals surface area contributed by atoms with Crippen molar-refractivity contribution in [3.8, 4) is 0 Å². The van der Waals surface area contributed by atoms with Gasteiger partial charge < -0.3 is 4.74 Å². The number of carbonyl (C=O) groups is 1. The number of ether oxygens (including phenoxy) is 1. The quantitative estimate of drug-likeness (QED) is 0.627. The summed E-state index contributed by atoms with van der Waals surface area (Å²) >= 11 is 0. The summed E-state index contributed by atoms with van der Waals surface area (Å²) < 4.78 is 18.2. The van der Waals surface area contributed by atoms with E-state index in [0.29, 0.717) is 5.56 Å². The number of ketones is 1. The molecule has 1 saturated heterocycles. The van der Waals surface area contributed by atoms with Crippen LogP contribution >= 0.6 is 0 Å². The number of hydrogen-bond acceptors (Lipinski definition) is 2. The fraction of sp³-hybridized carbons (Fsp3) is 0.118. The molecule has 0 spiro atoms. The van der Waals surface area contributed by atoms with E-state index in [9.17, 15) is 9.18 Å². The van der Waals surface area contributed by atoms with Crippen molar-refractivity contribution >= 4 is 11.9 Å². The largest absolute Gasteiger partial charge is 0.356 e. The Morgan fingerprint density at radius 2 is 1.75 bits per heavy atom. The molecule has 0 N–H and O–H groups in total. The molecule has 2 aromatic rings. The van der Waals surface area contributed by atoms with Crippen LogP contribution in [0, 0.1) is 5.82 Å². The summed E-state index contributed by atoms with van der Waals surface area (Å²) in [5.74, 6) is -0.452. The molecule has 2 aromatic carbocycles. The zero-order chi connectivity index (χ0) is 13.9. The standard InChI is InChI=1S/C17H13FO2/c18-14-9-7-13(8-10-14)16(19)17-15(20-17)11-6-12-4-2-1-3-5-12/h1-11,15,17H/b11-6+. The molecule has 100 valence electrons. The minimum atomic E-state index is -0.444. The lowest BCUT2D eigenvalue weighted by atomic mass is 10.1. The van der Waals surface area contributed by atoms with Gasteiger partial charge in [0.1, 0.15) is 11.9 Å². The van der Waals surface area contributed by atoms with E-state index in [1.165, 1.54) is 24.3 Å². The Morgan fingerprint density at radius 3 is 2.45 bits per heavy atom. The number of benzene rings is 2. The zero-order valence-corrected chi connectivity index (χ0v) is 10.7. The molecule has 1 aliphatic rings. The highest BCUT2D eigenvalue weighted by molar-refractivity contribution is 6.01. The predicted molar refractivity (Wildman–Crippen MR) is 74.9 cm³/mol. The molecule has 20 heavy (non-hydrogen) atoms. The third-order valence-electron chi connectivity index (χ3n) is 3.19. The maximum Gasteiger partial charge on any atom is 0.194 e. The van der Waals surface area contributed by atoms with Gasteiger partial charge in [-0.05, 0) is 29.8 Å². The molecule has 0 amide bonds. The molecule has 0 aliphatic carbocycles. The second kappa shape index (κ2) is 5.39. The van der Waals surface area contributed by atoms with E-state index in [0.717, 1.165) is 5.56 Å². The second-order valence-electron chi connectivity index (χ2n) is 4.66. The summed E-state index contributed by atoms with van der Waals surface area (Å²) in [6.45, 7) is 0. The monoisotopic (exact) mass is 268 g/mol. The van der Waals surface area contributed by atoms with Gasteiger partial charge in [-0.25, -0.2) is 4.39 Å². The van der Waals surface area contributed by atoms with Crippen LogP contribution in [0.15, 0.2) is 60.7 Å². The molecule has 0 aromatic heterocycles. The second-order valence-corrected chi connectivity index (χ2v) is 4.66. The van der Waals surface area contributed by atoms with Crippen LogP contribution in [0.25, 0.3) is 6.08 Å².